The highest BCUT2D eigenvalue weighted by atomic mass is 32.2. The van der Waals surface area contributed by atoms with Crippen molar-refractivity contribution in [2.75, 3.05) is 18.0 Å². The van der Waals surface area contributed by atoms with E-state index < -0.39 is 34.1 Å². The average molecular weight is 552 g/mol. The topological polar surface area (TPSA) is 96.0 Å². The number of hydrogen-bond acceptors (Lipinski definition) is 5. The van der Waals surface area contributed by atoms with Gasteiger partial charge >= 0.3 is 0 Å². The summed E-state index contributed by atoms with van der Waals surface area (Å²) >= 11 is 0. The molecule has 0 heterocycles. The Bertz CT molecular complexity index is 1380. The number of anilines is 1. The van der Waals surface area contributed by atoms with E-state index in [1.54, 1.807) is 49.4 Å². The van der Waals surface area contributed by atoms with Gasteiger partial charge in [0.15, 0.2) is 0 Å². The van der Waals surface area contributed by atoms with Crippen molar-refractivity contribution in [3.63, 3.8) is 0 Å². The summed E-state index contributed by atoms with van der Waals surface area (Å²) in [5.41, 5.74) is 1.64. The van der Waals surface area contributed by atoms with E-state index in [2.05, 4.69) is 5.32 Å². The maximum absolute atomic E-state index is 13.9. The molecule has 0 saturated carbocycles. The molecule has 3 aromatic rings. The maximum atomic E-state index is 13.9. The number of benzene rings is 3. The minimum Gasteiger partial charge on any atom is -0.497 e. The second kappa shape index (κ2) is 12.3. The van der Waals surface area contributed by atoms with Crippen LogP contribution < -0.4 is 14.4 Å². The Kier molecular flexibility index (Phi) is 9.40. The molecule has 0 aliphatic carbocycles. The van der Waals surface area contributed by atoms with Crippen LogP contribution in [0.3, 0.4) is 0 Å². The molecule has 9 heteroatoms. The van der Waals surface area contributed by atoms with Gasteiger partial charge in [-0.3, -0.25) is 13.9 Å². The molecule has 0 bridgehead atoms. The Morgan fingerprint density at radius 2 is 1.59 bits per heavy atom. The summed E-state index contributed by atoms with van der Waals surface area (Å²) in [5, 5.41) is 2.93. The maximum Gasteiger partial charge on any atom is 0.264 e. The van der Waals surface area contributed by atoms with Crippen molar-refractivity contribution in [3.8, 4) is 5.75 Å². The van der Waals surface area contributed by atoms with Crippen LogP contribution in [0, 0.1) is 6.92 Å². The lowest BCUT2D eigenvalue weighted by atomic mass is 10.1. The summed E-state index contributed by atoms with van der Waals surface area (Å²) in [6.45, 7) is 8.83. The predicted octanol–water partition coefficient (Wildman–Crippen LogP) is 4.53. The first-order chi connectivity index (χ1) is 18.3. The molecule has 0 aromatic heterocycles. The Morgan fingerprint density at radius 1 is 0.949 bits per heavy atom. The van der Waals surface area contributed by atoms with Crippen LogP contribution in [0.1, 0.15) is 38.8 Å². The third kappa shape index (κ3) is 7.83. The van der Waals surface area contributed by atoms with Gasteiger partial charge in [-0.2, -0.15) is 0 Å². The highest BCUT2D eigenvalue weighted by molar-refractivity contribution is 7.92. The van der Waals surface area contributed by atoms with Gasteiger partial charge in [0.05, 0.1) is 17.7 Å². The molecule has 0 aliphatic heterocycles. The predicted molar refractivity (Wildman–Crippen MR) is 153 cm³/mol. The number of nitrogens with one attached hydrogen (secondary N) is 1. The van der Waals surface area contributed by atoms with Gasteiger partial charge < -0.3 is 15.0 Å². The Morgan fingerprint density at radius 3 is 2.15 bits per heavy atom. The van der Waals surface area contributed by atoms with Crippen molar-refractivity contribution in [1.82, 2.24) is 10.2 Å². The largest absolute Gasteiger partial charge is 0.497 e. The molecular weight excluding hydrogens is 514 g/mol. The van der Waals surface area contributed by atoms with E-state index in [0.29, 0.717) is 11.4 Å². The molecule has 2 amide bonds. The number of carbonyl (C=O) groups is 2. The third-order valence-electron chi connectivity index (χ3n) is 6.07. The molecule has 39 heavy (non-hydrogen) atoms. The van der Waals surface area contributed by atoms with E-state index >= 15 is 0 Å². The first-order valence-electron chi connectivity index (χ1n) is 12.7. The van der Waals surface area contributed by atoms with Crippen LogP contribution in [-0.2, 0) is 26.2 Å². The highest BCUT2D eigenvalue weighted by Gasteiger charge is 2.33. The van der Waals surface area contributed by atoms with Crippen molar-refractivity contribution < 1.29 is 22.7 Å². The number of hydrogen-bond donors (Lipinski definition) is 1. The Balaban J connectivity index is 2.03. The van der Waals surface area contributed by atoms with E-state index in [1.807, 2.05) is 52.0 Å². The van der Waals surface area contributed by atoms with Gasteiger partial charge in [0.1, 0.15) is 18.3 Å². The zero-order chi connectivity index (χ0) is 28.8. The normalized spacial score (nSPS) is 12.4. The zero-order valence-electron chi connectivity index (χ0n) is 23.3. The van der Waals surface area contributed by atoms with Crippen LogP contribution in [0.5, 0.6) is 5.75 Å². The van der Waals surface area contributed by atoms with E-state index in [9.17, 15) is 18.0 Å². The lowest BCUT2D eigenvalue weighted by Gasteiger charge is -2.33. The summed E-state index contributed by atoms with van der Waals surface area (Å²) in [4.78, 5) is 28.6. The monoisotopic (exact) mass is 551 g/mol. The fraction of sp³-hybridized carbons (Fsp3) is 0.333. The summed E-state index contributed by atoms with van der Waals surface area (Å²) in [7, 11) is -2.59. The molecule has 0 saturated heterocycles. The van der Waals surface area contributed by atoms with E-state index in [4.69, 9.17) is 4.74 Å². The number of nitrogens with zero attached hydrogens (tertiary/aromatic N) is 2. The van der Waals surface area contributed by atoms with E-state index in [-0.39, 0.29) is 17.3 Å². The van der Waals surface area contributed by atoms with Gasteiger partial charge in [0, 0.05) is 12.1 Å². The highest BCUT2D eigenvalue weighted by Crippen LogP contribution is 2.26. The van der Waals surface area contributed by atoms with Crippen molar-refractivity contribution in [2.24, 2.45) is 0 Å². The van der Waals surface area contributed by atoms with Crippen molar-refractivity contribution >= 4 is 27.5 Å². The smallest absolute Gasteiger partial charge is 0.264 e. The first-order valence-corrected chi connectivity index (χ1v) is 14.1. The van der Waals surface area contributed by atoms with Gasteiger partial charge in [0.2, 0.25) is 11.8 Å². The molecule has 0 unspecified atom stereocenters. The lowest BCUT2D eigenvalue weighted by molar-refractivity contribution is -0.140. The molecule has 0 radical (unpaired) electrons. The van der Waals surface area contributed by atoms with Crippen LogP contribution in [0.4, 0.5) is 5.69 Å². The molecular formula is C30H37N3O5S. The standard InChI is InChI=1S/C30H37N3O5S/c1-22-11-10-12-24(19-22)20-32(23(2)29(35)31-30(3,4)5)28(34)21-33(25-15-17-26(38-6)18-16-25)39(36,37)27-13-8-7-9-14-27/h7-19,23H,20-21H2,1-6H3,(H,31,35)/t23-/m0/s1. The van der Waals surface area contributed by atoms with Gasteiger partial charge in [-0.1, -0.05) is 48.0 Å². The molecule has 1 atom stereocenters. The summed E-state index contributed by atoms with van der Waals surface area (Å²) < 4.78 is 33.9. The quantitative estimate of drug-likeness (QED) is 0.399. The second-order valence-corrected chi connectivity index (χ2v) is 12.3. The molecule has 0 fully saturated rings. The number of methoxy groups -OCH3 is 1. The molecule has 3 rings (SSSR count). The number of ether oxygens (including phenoxy) is 1. The van der Waals surface area contributed by atoms with E-state index in [1.165, 1.54) is 24.1 Å². The number of aryl methyl sites for hydroxylation is 1. The molecule has 1 N–H and O–H groups in total. The van der Waals surface area contributed by atoms with Gasteiger partial charge in [-0.15, -0.1) is 0 Å². The number of sulfonamides is 1. The first kappa shape index (κ1) is 29.7. The third-order valence-corrected chi connectivity index (χ3v) is 7.86. The van der Waals surface area contributed by atoms with Crippen molar-refractivity contribution in [3.05, 3.63) is 90.0 Å². The molecule has 0 spiro atoms. The molecule has 208 valence electrons. The van der Waals surface area contributed by atoms with Crippen LogP contribution in [0.25, 0.3) is 0 Å². The minimum absolute atomic E-state index is 0.0531. The summed E-state index contributed by atoms with van der Waals surface area (Å²) in [6, 6.07) is 21.2. The number of rotatable bonds is 10. The molecule has 8 nitrogen and oxygen atoms in total. The van der Waals surface area contributed by atoms with Crippen LogP contribution in [-0.4, -0.2) is 50.4 Å². The Labute approximate surface area is 231 Å². The minimum atomic E-state index is -4.11. The van der Waals surface area contributed by atoms with Crippen molar-refractivity contribution in [1.29, 1.82) is 0 Å². The van der Waals surface area contributed by atoms with Crippen molar-refractivity contribution in [2.45, 2.75) is 57.6 Å². The Hall–Kier alpha value is -3.85. The average Bonchev–Trinajstić information content (AvgIpc) is 2.89. The SMILES string of the molecule is COc1ccc(N(CC(=O)N(Cc2cccc(C)c2)[C@@H](C)C(=O)NC(C)(C)C)S(=O)(=O)c2ccccc2)cc1. The fourth-order valence-electron chi connectivity index (χ4n) is 4.06. The zero-order valence-corrected chi connectivity index (χ0v) is 24.2. The number of amides is 2. The summed E-state index contributed by atoms with van der Waals surface area (Å²) in [5.74, 6) is -0.288. The molecule has 0 aliphatic rings. The fourth-order valence-corrected chi connectivity index (χ4v) is 5.50. The van der Waals surface area contributed by atoms with E-state index in [0.717, 1.165) is 15.4 Å². The lowest BCUT2D eigenvalue weighted by Crippen LogP contribution is -2.54. The van der Waals surface area contributed by atoms with Crippen LogP contribution in [0.2, 0.25) is 0 Å². The van der Waals surface area contributed by atoms with Gasteiger partial charge in [-0.25, -0.2) is 8.42 Å². The van der Waals surface area contributed by atoms with Crippen LogP contribution >= 0.6 is 0 Å². The summed E-state index contributed by atoms with van der Waals surface area (Å²) in [6.07, 6.45) is 0. The van der Waals surface area contributed by atoms with Gasteiger partial charge in [0.25, 0.3) is 10.0 Å². The number of carbonyl (C=O) groups excluding carboxylic acids is 2. The van der Waals surface area contributed by atoms with Crippen LogP contribution in [0.15, 0.2) is 83.8 Å². The molecule has 3 aromatic carbocycles. The van der Waals surface area contributed by atoms with Gasteiger partial charge in [-0.05, 0) is 76.6 Å². The second-order valence-electron chi connectivity index (χ2n) is 10.4.